The third-order valence-electron chi connectivity index (χ3n) is 5.90. The molecule has 0 aliphatic carbocycles. The molecule has 8 nitrogen and oxygen atoms in total. The van der Waals surface area contributed by atoms with Gasteiger partial charge in [0, 0.05) is 18.4 Å². The molecule has 1 saturated heterocycles. The van der Waals surface area contributed by atoms with Crippen LogP contribution >= 0.6 is 0 Å². The summed E-state index contributed by atoms with van der Waals surface area (Å²) in [5, 5.41) is 12.7. The molecule has 1 aliphatic heterocycles. The van der Waals surface area contributed by atoms with Crippen LogP contribution in [0.5, 0.6) is 0 Å². The number of rotatable bonds is 6. The van der Waals surface area contributed by atoms with Gasteiger partial charge in [0.25, 0.3) is 0 Å². The van der Waals surface area contributed by atoms with Gasteiger partial charge in [-0.05, 0) is 50.6 Å². The molecule has 0 bridgehead atoms. The van der Waals surface area contributed by atoms with E-state index in [0.29, 0.717) is 11.8 Å². The molecule has 0 spiro atoms. The van der Waals surface area contributed by atoms with Gasteiger partial charge in [-0.1, -0.05) is 26.7 Å². The van der Waals surface area contributed by atoms with E-state index in [9.17, 15) is 39.9 Å². The van der Waals surface area contributed by atoms with E-state index < -0.39 is 52.3 Å². The Balaban J connectivity index is 0.00000118. The van der Waals surface area contributed by atoms with Crippen LogP contribution in [0, 0.1) is 6.92 Å². The fraction of sp³-hybridized carbons (Fsp3) is 0.565. The van der Waals surface area contributed by atoms with Crippen LogP contribution in [0.25, 0.3) is 0 Å². The lowest BCUT2D eigenvalue weighted by Gasteiger charge is -2.41. The molecule has 1 aromatic heterocycles. The van der Waals surface area contributed by atoms with Crippen LogP contribution in [0.15, 0.2) is 29.3 Å². The van der Waals surface area contributed by atoms with Gasteiger partial charge in [0.15, 0.2) is 5.60 Å². The highest BCUT2D eigenvalue weighted by molar-refractivity contribution is 7.89. The number of β-amino-alcohol motifs (C(OH)–C–C–N with tert-alkyl or cyclic N) is 1. The smallest absolute Gasteiger partial charge is 0.379 e. The van der Waals surface area contributed by atoms with E-state index in [4.69, 9.17) is 0 Å². The number of halogens is 6. The van der Waals surface area contributed by atoms with Crippen molar-refractivity contribution in [2.24, 2.45) is 0 Å². The average Bonchev–Trinajstić information content (AvgIpc) is 2.84. The molecule has 1 aliphatic rings. The number of sulfonamides is 1. The van der Waals surface area contributed by atoms with Crippen molar-refractivity contribution in [3.8, 4) is 0 Å². The number of piperidine rings is 1. The van der Waals surface area contributed by atoms with Crippen LogP contribution in [0.1, 0.15) is 50.7 Å². The first-order chi connectivity index (χ1) is 17.5. The van der Waals surface area contributed by atoms with Crippen LogP contribution in [0.4, 0.5) is 43.8 Å². The number of hydrogen-bond acceptors (Lipinski definition) is 7. The number of unbranched alkanes of at least 4 members (excludes halogenated alkanes) is 1. The van der Waals surface area contributed by atoms with Gasteiger partial charge in [0.05, 0.1) is 11.4 Å². The minimum Gasteiger partial charge on any atom is -0.379 e. The maximum atomic E-state index is 13.6. The van der Waals surface area contributed by atoms with E-state index in [1.807, 2.05) is 0 Å². The summed E-state index contributed by atoms with van der Waals surface area (Å²) >= 11 is 0. The van der Waals surface area contributed by atoms with Gasteiger partial charge in [-0.3, -0.25) is 0 Å². The van der Waals surface area contributed by atoms with Crippen molar-refractivity contribution in [3.63, 3.8) is 0 Å². The highest BCUT2D eigenvalue weighted by Crippen LogP contribution is 2.41. The molecule has 2 heterocycles. The summed E-state index contributed by atoms with van der Waals surface area (Å²) in [6, 6.07) is 3.91. The minimum atomic E-state index is -5.04. The number of aryl methyl sites for hydroxylation is 1. The molecule has 2 aromatic rings. The van der Waals surface area contributed by atoms with Crippen molar-refractivity contribution >= 4 is 27.5 Å². The molecule has 214 valence electrons. The largest absolute Gasteiger partial charge is 0.421 e. The average molecular weight is 572 g/mol. The molecular weight excluding hydrogens is 540 g/mol. The van der Waals surface area contributed by atoms with Crippen LogP contribution in [-0.4, -0.2) is 55.4 Å². The Kier molecular flexibility index (Phi) is 9.99. The Morgan fingerprint density at radius 2 is 1.76 bits per heavy atom. The third kappa shape index (κ3) is 7.47. The van der Waals surface area contributed by atoms with Gasteiger partial charge in [-0.2, -0.15) is 31.3 Å². The van der Waals surface area contributed by atoms with Crippen LogP contribution < -0.4 is 14.9 Å². The third-order valence-corrected chi connectivity index (χ3v) is 7.31. The SMILES string of the molecule is CCCC.CNS(=O)(=O)c1ccc(Nc2ncc(C(F)(F)F)c(N3CCCC(O)(C(F)(F)F)C3)n2)c(C)c1. The van der Waals surface area contributed by atoms with Crippen molar-refractivity contribution in [1.82, 2.24) is 14.7 Å². The number of anilines is 3. The standard InChI is InChI=1S/C19H21F6N5O3S.C4H10/c1-11-8-12(34(32,33)26-2)4-5-14(11)28-16-27-9-13(18(20,21)22)15(29-16)30-7-3-6-17(31,10-30)19(23,24)25;1-3-4-2/h4-5,8-9,26,31H,3,6-7,10H2,1-2H3,(H,27,28,29);3-4H2,1-2H3. The molecular formula is C23H31F6N5O3S. The van der Waals surface area contributed by atoms with Crippen LogP contribution in [-0.2, 0) is 16.2 Å². The van der Waals surface area contributed by atoms with Crippen molar-refractivity contribution in [1.29, 1.82) is 0 Å². The molecule has 0 radical (unpaired) electrons. The monoisotopic (exact) mass is 571 g/mol. The lowest BCUT2D eigenvalue weighted by Crippen LogP contribution is -2.57. The predicted octanol–water partition coefficient (Wildman–Crippen LogP) is 5.16. The first kappa shape index (κ1) is 31.6. The zero-order valence-electron chi connectivity index (χ0n) is 21.3. The number of aliphatic hydroxyl groups is 1. The topological polar surface area (TPSA) is 107 Å². The molecule has 0 amide bonds. The summed E-state index contributed by atoms with van der Waals surface area (Å²) in [5.74, 6) is -1.16. The molecule has 0 saturated carbocycles. The van der Waals surface area contributed by atoms with Gasteiger partial charge in [0.1, 0.15) is 11.4 Å². The van der Waals surface area contributed by atoms with Gasteiger partial charge in [0.2, 0.25) is 16.0 Å². The first-order valence-electron chi connectivity index (χ1n) is 11.8. The number of nitrogens with one attached hydrogen (secondary N) is 2. The second-order valence-electron chi connectivity index (χ2n) is 8.79. The van der Waals surface area contributed by atoms with E-state index in [1.54, 1.807) is 0 Å². The van der Waals surface area contributed by atoms with Gasteiger partial charge >= 0.3 is 12.4 Å². The molecule has 1 fully saturated rings. The quantitative estimate of drug-likeness (QED) is 0.412. The van der Waals surface area contributed by atoms with Crippen molar-refractivity contribution in [2.75, 3.05) is 30.4 Å². The van der Waals surface area contributed by atoms with Crippen molar-refractivity contribution < 1.29 is 39.9 Å². The summed E-state index contributed by atoms with van der Waals surface area (Å²) in [7, 11) is -2.50. The molecule has 3 N–H and O–H groups in total. The summed E-state index contributed by atoms with van der Waals surface area (Å²) < 4.78 is 107. The number of hydrogen-bond donors (Lipinski definition) is 3. The summed E-state index contributed by atoms with van der Waals surface area (Å²) in [5.41, 5.74) is -3.87. The van der Waals surface area contributed by atoms with Gasteiger partial charge in [-0.25, -0.2) is 18.1 Å². The normalized spacial score (nSPS) is 18.6. The minimum absolute atomic E-state index is 0.0492. The Morgan fingerprint density at radius 1 is 1.13 bits per heavy atom. The first-order valence-corrected chi connectivity index (χ1v) is 13.3. The zero-order valence-corrected chi connectivity index (χ0v) is 22.1. The highest BCUT2D eigenvalue weighted by Gasteiger charge is 2.56. The van der Waals surface area contributed by atoms with Crippen molar-refractivity contribution in [3.05, 3.63) is 35.5 Å². The Hall–Kier alpha value is -2.65. The summed E-state index contributed by atoms with van der Waals surface area (Å²) in [4.78, 5) is 8.12. The second kappa shape index (κ2) is 12.0. The van der Waals surface area contributed by atoms with E-state index in [0.717, 1.165) is 4.90 Å². The lowest BCUT2D eigenvalue weighted by molar-refractivity contribution is -0.261. The number of aromatic nitrogens is 2. The summed E-state index contributed by atoms with van der Waals surface area (Å²) in [6.45, 7) is 4.59. The predicted molar refractivity (Wildman–Crippen MR) is 131 cm³/mol. The van der Waals surface area contributed by atoms with Crippen molar-refractivity contribution in [2.45, 2.75) is 69.3 Å². The lowest BCUT2D eigenvalue weighted by atomic mass is 9.92. The molecule has 38 heavy (non-hydrogen) atoms. The highest BCUT2D eigenvalue weighted by atomic mass is 32.2. The Morgan fingerprint density at radius 3 is 2.26 bits per heavy atom. The van der Waals surface area contributed by atoms with E-state index >= 15 is 0 Å². The molecule has 15 heteroatoms. The van der Waals surface area contributed by atoms with Crippen LogP contribution in [0.2, 0.25) is 0 Å². The van der Waals surface area contributed by atoms with Gasteiger partial charge in [-0.15, -0.1) is 0 Å². The summed E-state index contributed by atoms with van der Waals surface area (Å²) in [6.07, 6.45) is -7.77. The zero-order chi connectivity index (χ0) is 28.9. The van der Waals surface area contributed by atoms with E-state index in [1.165, 1.54) is 45.0 Å². The Bertz CT molecular complexity index is 1210. The molecule has 1 atom stereocenters. The molecule has 1 aromatic carbocycles. The maximum absolute atomic E-state index is 13.6. The second-order valence-corrected chi connectivity index (χ2v) is 10.7. The number of alkyl halides is 6. The molecule has 1 unspecified atom stereocenters. The fourth-order valence-corrected chi connectivity index (χ4v) is 4.32. The van der Waals surface area contributed by atoms with E-state index in [-0.39, 0.29) is 29.5 Å². The maximum Gasteiger partial charge on any atom is 0.421 e. The molecule has 3 rings (SSSR count). The van der Waals surface area contributed by atoms with E-state index in [2.05, 4.69) is 33.9 Å². The number of nitrogens with zero attached hydrogens (tertiary/aromatic N) is 3. The number of benzene rings is 1. The fourth-order valence-electron chi connectivity index (χ4n) is 3.50. The van der Waals surface area contributed by atoms with Gasteiger partial charge < -0.3 is 15.3 Å². The van der Waals surface area contributed by atoms with Crippen LogP contribution in [0.3, 0.4) is 0 Å². The Labute approximate surface area is 217 Å².